The molecule has 3 heteroatoms. The maximum absolute atomic E-state index is 13.4. The summed E-state index contributed by atoms with van der Waals surface area (Å²) in [4.78, 5) is 11.5. The van der Waals surface area contributed by atoms with Gasteiger partial charge in [-0.05, 0) is 32.0 Å². The maximum Gasteiger partial charge on any atom is 0.176 e. The van der Waals surface area contributed by atoms with Gasteiger partial charge in [0.1, 0.15) is 5.82 Å². The van der Waals surface area contributed by atoms with Crippen molar-refractivity contribution in [2.24, 2.45) is 0 Å². The van der Waals surface area contributed by atoms with Crippen LogP contribution in [0.15, 0.2) is 12.1 Å². The van der Waals surface area contributed by atoms with Gasteiger partial charge in [0.15, 0.2) is 5.78 Å². The van der Waals surface area contributed by atoms with Crippen LogP contribution >= 0.6 is 0 Å². The Morgan fingerprint density at radius 1 is 1.43 bits per heavy atom. The second-order valence-electron chi connectivity index (χ2n) is 3.32. The van der Waals surface area contributed by atoms with Crippen molar-refractivity contribution in [3.8, 4) is 0 Å². The fourth-order valence-electron chi connectivity index (χ4n) is 1.38. The van der Waals surface area contributed by atoms with Crippen LogP contribution in [0.3, 0.4) is 0 Å². The summed E-state index contributed by atoms with van der Waals surface area (Å²) in [7, 11) is 1.69. The first kappa shape index (κ1) is 10.9. The zero-order valence-electron chi connectivity index (χ0n) is 8.65. The first-order chi connectivity index (χ1) is 6.57. The molecule has 1 N–H and O–H groups in total. The first-order valence-corrected chi connectivity index (χ1v) is 4.51. The predicted molar refractivity (Wildman–Crippen MR) is 54.1 cm³/mol. The van der Waals surface area contributed by atoms with E-state index in [2.05, 4.69) is 5.32 Å². The average Bonchev–Trinajstić information content (AvgIpc) is 2.15. The standard InChI is InChI=1S/C11H14FNO/c1-7-4-5-9(8(2)11(7)12)10(14)6-13-3/h4-5,13H,6H2,1-3H3. The Hall–Kier alpha value is -1.22. The fourth-order valence-corrected chi connectivity index (χ4v) is 1.38. The largest absolute Gasteiger partial charge is 0.313 e. The quantitative estimate of drug-likeness (QED) is 0.746. The highest BCUT2D eigenvalue weighted by molar-refractivity contribution is 5.99. The summed E-state index contributed by atoms with van der Waals surface area (Å²) in [6.45, 7) is 3.56. The molecule has 76 valence electrons. The molecule has 0 amide bonds. The van der Waals surface area contributed by atoms with E-state index in [4.69, 9.17) is 0 Å². The lowest BCUT2D eigenvalue weighted by molar-refractivity contribution is 0.0992. The number of carbonyl (C=O) groups excluding carboxylic acids is 1. The minimum absolute atomic E-state index is 0.0797. The Bertz CT molecular complexity index is 361. The van der Waals surface area contributed by atoms with Gasteiger partial charge in [-0.2, -0.15) is 0 Å². The zero-order valence-corrected chi connectivity index (χ0v) is 8.65. The van der Waals surface area contributed by atoms with Crippen molar-refractivity contribution in [3.05, 3.63) is 34.6 Å². The van der Waals surface area contributed by atoms with Crippen molar-refractivity contribution in [1.82, 2.24) is 5.32 Å². The lowest BCUT2D eigenvalue weighted by Gasteiger charge is -2.07. The number of likely N-dealkylation sites (N-methyl/N-ethyl adjacent to an activating group) is 1. The van der Waals surface area contributed by atoms with Gasteiger partial charge < -0.3 is 5.32 Å². The van der Waals surface area contributed by atoms with Gasteiger partial charge in [0, 0.05) is 5.56 Å². The molecule has 0 aliphatic heterocycles. The van der Waals surface area contributed by atoms with Crippen LogP contribution in [0, 0.1) is 19.7 Å². The predicted octanol–water partition coefficient (Wildman–Crippen LogP) is 1.84. The number of halogens is 1. The second kappa shape index (κ2) is 4.33. The maximum atomic E-state index is 13.4. The van der Waals surface area contributed by atoms with Crippen molar-refractivity contribution < 1.29 is 9.18 Å². The van der Waals surface area contributed by atoms with E-state index in [1.54, 1.807) is 33.0 Å². The van der Waals surface area contributed by atoms with Gasteiger partial charge in [-0.3, -0.25) is 4.79 Å². The van der Waals surface area contributed by atoms with Crippen LogP contribution in [-0.2, 0) is 0 Å². The third kappa shape index (κ3) is 1.99. The highest BCUT2D eigenvalue weighted by Crippen LogP contribution is 2.16. The number of hydrogen-bond acceptors (Lipinski definition) is 2. The summed E-state index contributed by atoms with van der Waals surface area (Å²) >= 11 is 0. The highest BCUT2D eigenvalue weighted by atomic mass is 19.1. The van der Waals surface area contributed by atoms with Crippen molar-refractivity contribution >= 4 is 5.78 Å². The van der Waals surface area contributed by atoms with Gasteiger partial charge in [-0.1, -0.05) is 12.1 Å². The third-order valence-electron chi connectivity index (χ3n) is 2.22. The molecule has 0 radical (unpaired) electrons. The Labute approximate surface area is 83.1 Å². The third-order valence-corrected chi connectivity index (χ3v) is 2.22. The summed E-state index contributed by atoms with van der Waals surface area (Å²) in [5.74, 6) is -0.365. The summed E-state index contributed by atoms with van der Waals surface area (Å²) in [5.41, 5.74) is 1.47. The fraction of sp³-hybridized carbons (Fsp3) is 0.364. The SMILES string of the molecule is CNCC(=O)c1ccc(C)c(F)c1C. The number of ketones is 1. The number of aryl methyl sites for hydroxylation is 1. The normalized spacial score (nSPS) is 10.3. The molecule has 0 aliphatic carbocycles. The molecule has 1 aromatic rings. The van der Waals surface area contributed by atoms with Crippen LogP contribution in [0.2, 0.25) is 0 Å². The van der Waals surface area contributed by atoms with E-state index in [-0.39, 0.29) is 18.1 Å². The molecule has 0 atom stereocenters. The van der Waals surface area contributed by atoms with Crippen molar-refractivity contribution in [2.75, 3.05) is 13.6 Å². The van der Waals surface area contributed by atoms with E-state index < -0.39 is 0 Å². The Morgan fingerprint density at radius 3 is 2.64 bits per heavy atom. The molecule has 0 bridgehead atoms. The molecule has 0 aliphatic rings. The first-order valence-electron chi connectivity index (χ1n) is 4.51. The summed E-state index contributed by atoms with van der Waals surface area (Å²) in [6, 6.07) is 3.30. The number of carbonyl (C=O) groups is 1. The molecule has 0 saturated heterocycles. The summed E-state index contributed by atoms with van der Waals surface area (Å²) in [5, 5.41) is 2.76. The van der Waals surface area contributed by atoms with E-state index in [0.29, 0.717) is 16.7 Å². The van der Waals surface area contributed by atoms with Crippen molar-refractivity contribution in [3.63, 3.8) is 0 Å². The van der Waals surface area contributed by atoms with E-state index in [1.165, 1.54) is 0 Å². The second-order valence-corrected chi connectivity index (χ2v) is 3.32. The number of hydrogen-bond donors (Lipinski definition) is 1. The molecule has 0 unspecified atom stereocenters. The monoisotopic (exact) mass is 195 g/mol. The molecule has 0 spiro atoms. The van der Waals surface area contributed by atoms with Crippen LogP contribution < -0.4 is 5.32 Å². The average molecular weight is 195 g/mol. The molecule has 1 rings (SSSR count). The molecule has 0 aromatic heterocycles. The van der Waals surface area contributed by atoms with Crippen molar-refractivity contribution in [2.45, 2.75) is 13.8 Å². The van der Waals surface area contributed by atoms with E-state index >= 15 is 0 Å². The van der Waals surface area contributed by atoms with E-state index in [9.17, 15) is 9.18 Å². The lowest BCUT2D eigenvalue weighted by atomic mass is 10.0. The van der Waals surface area contributed by atoms with Crippen LogP contribution in [-0.4, -0.2) is 19.4 Å². The Kier molecular flexibility index (Phi) is 3.36. The Balaban J connectivity index is 3.11. The molecule has 14 heavy (non-hydrogen) atoms. The minimum Gasteiger partial charge on any atom is -0.313 e. The van der Waals surface area contributed by atoms with E-state index in [1.807, 2.05) is 0 Å². The molecule has 0 fully saturated rings. The molecule has 0 heterocycles. The number of rotatable bonds is 3. The van der Waals surface area contributed by atoms with Crippen molar-refractivity contribution in [1.29, 1.82) is 0 Å². The number of Topliss-reactive ketones (excluding diaryl/α,β-unsaturated/α-hetero) is 1. The molecule has 2 nitrogen and oxygen atoms in total. The molecular weight excluding hydrogens is 181 g/mol. The minimum atomic E-state index is -0.285. The molecule has 1 aromatic carbocycles. The zero-order chi connectivity index (χ0) is 10.7. The molecule has 0 saturated carbocycles. The van der Waals surface area contributed by atoms with E-state index in [0.717, 1.165) is 0 Å². The van der Waals surface area contributed by atoms with Crippen LogP contribution in [0.25, 0.3) is 0 Å². The highest BCUT2D eigenvalue weighted by Gasteiger charge is 2.12. The van der Waals surface area contributed by atoms with Gasteiger partial charge in [0.25, 0.3) is 0 Å². The van der Waals surface area contributed by atoms with Gasteiger partial charge in [-0.25, -0.2) is 4.39 Å². The molecular formula is C11H14FNO. The smallest absolute Gasteiger partial charge is 0.176 e. The summed E-state index contributed by atoms with van der Waals surface area (Å²) < 4.78 is 13.4. The van der Waals surface area contributed by atoms with Gasteiger partial charge in [0.2, 0.25) is 0 Å². The lowest BCUT2D eigenvalue weighted by Crippen LogP contribution is -2.19. The Morgan fingerprint density at radius 2 is 2.07 bits per heavy atom. The topological polar surface area (TPSA) is 29.1 Å². The number of benzene rings is 1. The van der Waals surface area contributed by atoms with Crippen LogP contribution in [0.4, 0.5) is 4.39 Å². The van der Waals surface area contributed by atoms with Gasteiger partial charge in [-0.15, -0.1) is 0 Å². The van der Waals surface area contributed by atoms with Gasteiger partial charge in [0.05, 0.1) is 6.54 Å². The van der Waals surface area contributed by atoms with Gasteiger partial charge >= 0.3 is 0 Å². The van der Waals surface area contributed by atoms with Crippen LogP contribution in [0.1, 0.15) is 21.5 Å². The van der Waals surface area contributed by atoms with Crippen LogP contribution in [0.5, 0.6) is 0 Å². The number of nitrogens with one attached hydrogen (secondary N) is 1. The summed E-state index contributed by atoms with van der Waals surface area (Å²) in [6.07, 6.45) is 0.